The predicted octanol–water partition coefficient (Wildman–Crippen LogP) is 3.20. The van der Waals surface area contributed by atoms with E-state index in [0.717, 1.165) is 54.2 Å². The van der Waals surface area contributed by atoms with Gasteiger partial charge in [0.05, 0.1) is 18.0 Å². The second-order valence-electron chi connectivity index (χ2n) is 7.25. The van der Waals surface area contributed by atoms with E-state index in [-0.39, 0.29) is 11.6 Å². The molecular formula is C21H26N4OS. The van der Waals surface area contributed by atoms with E-state index in [4.69, 9.17) is 4.98 Å². The largest absolute Gasteiger partial charge is 0.304 e. The van der Waals surface area contributed by atoms with Gasteiger partial charge >= 0.3 is 0 Å². The molecule has 142 valence electrons. The van der Waals surface area contributed by atoms with Crippen LogP contribution in [0.15, 0.2) is 46.6 Å². The highest BCUT2D eigenvalue weighted by Crippen LogP contribution is 2.26. The number of piperazine rings is 1. The number of hydrogen-bond donors (Lipinski definition) is 0. The number of benzene rings is 1. The molecular weight excluding hydrogens is 356 g/mol. The topological polar surface area (TPSA) is 41.4 Å². The Labute approximate surface area is 163 Å². The maximum atomic E-state index is 13.3. The van der Waals surface area contributed by atoms with Gasteiger partial charge < -0.3 is 4.90 Å². The molecule has 0 radical (unpaired) electrons. The Balaban J connectivity index is 1.79. The summed E-state index contributed by atoms with van der Waals surface area (Å²) in [6.45, 7) is 6.90. The molecule has 0 amide bonds. The fraction of sp³-hybridized carbons (Fsp3) is 0.429. The zero-order valence-corrected chi connectivity index (χ0v) is 16.8. The van der Waals surface area contributed by atoms with Crippen molar-refractivity contribution < 1.29 is 0 Å². The van der Waals surface area contributed by atoms with Crippen molar-refractivity contribution in [1.82, 2.24) is 19.4 Å². The molecule has 1 unspecified atom stereocenters. The molecule has 6 heteroatoms. The van der Waals surface area contributed by atoms with Crippen LogP contribution in [0.4, 0.5) is 0 Å². The minimum atomic E-state index is 0.0766. The zero-order chi connectivity index (χ0) is 18.8. The Bertz CT molecular complexity index is 957. The molecule has 1 atom stereocenters. The molecule has 0 spiro atoms. The van der Waals surface area contributed by atoms with Crippen LogP contribution in [0.2, 0.25) is 0 Å². The Morgan fingerprint density at radius 1 is 1.11 bits per heavy atom. The van der Waals surface area contributed by atoms with Crippen LogP contribution in [0, 0.1) is 0 Å². The highest BCUT2D eigenvalue weighted by molar-refractivity contribution is 7.16. The van der Waals surface area contributed by atoms with Crippen LogP contribution in [0.5, 0.6) is 0 Å². The average Bonchev–Trinajstić information content (AvgIpc) is 3.16. The van der Waals surface area contributed by atoms with Crippen molar-refractivity contribution in [3.63, 3.8) is 0 Å². The molecule has 0 aliphatic carbocycles. The van der Waals surface area contributed by atoms with E-state index >= 15 is 0 Å². The minimum Gasteiger partial charge on any atom is -0.304 e. The van der Waals surface area contributed by atoms with Gasteiger partial charge in [0.25, 0.3) is 5.56 Å². The van der Waals surface area contributed by atoms with E-state index in [1.807, 2.05) is 34.2 Å². The summed E-state index contributed by atoms with van der Waals surface area (Å²) in [5.41, 5.74) is 1.21. The fourth-order valence-electron chi connectivity index (χ4n) is 3.88. The third-order valence-corrected chi connectivity index (χ3v) is 6.27. The molecule has 1 aliphatic rings. The summed E-state index contributed by atoms with van der Waals surface area (Å²) < 4.78 is 1.90. The Morgan fingerprint density at radius 3 is 2.56 bits per heavy atom. The first-order valence-corrected chi connectivity index (χ1v) is 10.5. The first-order valence-electron chi connectivity index (χ1n) is 9.62. The molecule has 1 saturated heterocycles. The first kappa shape index (κ1) is 18.3. The number of aromatic nitrogens is 2. The number of rotatable bonds is 5. The Kier molecular flexibility index (Phi) is 5.38. The average molecular weight is 383 g/mol. The third-order valence-electron chi connectivity index (χ3n) is 5.46. The summed E-state index contributed by atoms with van der Waals surface area (Å²) >= 11 is 1.55. The molecule has 0 N–H and O–H groups in total. The fourth-order valence-corrected chi connectivity index (χ4v) is 4.64. The second-order valence-corrected chi connectivity index (χ2v) is 8.14. The maximum absolute atomic E-state index is 13.3. The van der Waals surface area contributed by atoms with Crippen molar-refractivity contribution in [3.05, 3.63) is 63.5 Å². The van der Waals surface area contributed by atoms with Gasteiger partial charge in [0.15, 0.2) is 0 Å². The summed E-state index contributed by atoms with van der Waals surface area (Å²) in [5, 5.41) is 2.69. The summed E-state index contributed by atoms with van der Waals surface area (Å²) in [6.07, 6.45) is 0.946. The van der Waals surface area contributed by atoms with Gasteiger partial charge in [0.1, 0.15) is 10.7 Å². The molecule has 1 aromatic carbocycles. The predicted molar refractivity (Wildman–Crippen MR) is 112 cm³/mol. The van der Waals surface area contributed by atoms with Crippen molar-refractivity contribution in [2.24, 2.45) is 0 Å². The van der Waals surface area contributed by atoms with Crippen molar-refractivity contribution in [2.45, 2.75) is 25.9 Å². The lowest BCUT2D eigenvalue weighted by Gasteiger charge is -2.37. The standard InChI is InChI=1S/C21H26N4OS/c1-3-18(24-12-10-23(2)11-13-24)19-22-20-17(9-14-27-20)21(26)25(19)15-16-7-5-4-6-8-16/h4-9,14,18H,3,10-13,15H2,1-2H3. The minimum absolute atomic E-state index is 0.0766. The molecule has 3 heterocycles. The SMILES string of the molecule is CCC(c1nc2sccc2c(=O)n1Cc1ccccc1)N1CCN(C)CC1. The van der Waals surface area contributed by atoms with Gasteiger partial charge in [-0.05, 0) is 30.5 Å². The smallest absolute Gasteiger partial charge is 0.262 e. The van der Waals surface area contributed by atoms with Crippen molar-refractivity contribution in [2.75, 3.05) is 33.2 Å². The van der Waals surface area contributed by atoms with Gasteiger partial charge in [-0.15, -0.1) is 11.3 Å². The van der Waals surface area contributed by atoms with Crippen LogP contribution in [-0.2, 0) is 6.54 Å². The van der Waals surface area contributed by atoms with Crippen LogP contribution in [-0.4, -0.2) is 52.6 Å². The van der Waals surface area contributed by atoms with E-state index in [9.17, 15) is 4.79 Å². The Hall–Kier alpha value is -2.02. The molecule has 2 aromatic heterocycles. The highest BCUT2D eigenvalue weighted by atomic mass is 32.1. The van der Waals surface area contributed by atoms with E-state index in [1.165, 1.54) is 0 Å². The molecule has 27 heavy (non-hydrogen) atoms. The summed E-state index contributed by atoms with van der Waals surface area (Å²) in [4.78, 5) is 24.0. The van der Waals surface area contributed by atoms with Gasteiger partial charge in [-0.3, -0.25) is 14.3 Å². The molecule has 5 nitrogen and oxygen atoms in total. The van der Waals surface area contributed by atoms with Crippen LogP contribution in [0.1, 0.15) is 30.8 Å². The molecule has 1 aliphatic heterocycles. The van der Waals surface area contributed by atoms with Crippen LogP contribution >= 0.6 is 11.3 Å². The van der Waals surface area contributed by atoms with Crippen LogP contribution in [0.25, 0.3) is 10.2 Å². The number of nitrogens with zero attached hydrogens (tertiary/aromatic N) is 4. The molecule has 3 aromatic rings. The number of hydrogen-bond acceptors (Lipinski definition) is 5. The zero-order valence-electron chi connectivity index (χ0n) is 16.0. The van der Waals surface area contributed by atoms with Gasteiger partial charge in [-0.1, -0.05) is 37.3 Å². The number of thiophene rings is 1. The Morgan fingerprint density at radius 2 is 1.85 bits per heavy atom. The van der Waals surface area contributed by atoms with Crippen molar-refractivity contribution in [3.8, 4) is 0 Å². The second kappa shape index (κ2) is 7.92. The van der Waals surface area contributed by atoms with Gasteiger partial charge in [0.2, 0.25) is 0 Å². The lowest BCUT2D eigenvalue weighted by Crippen LogP contribution is -2.47. The third kappa shape index (κ3) is 3.70. The highest BCUT2D eigenvalue weighted by Gasteiger charge is 2.27. The van der Waals surface area contributed by atoms with Gasteiger partial charge in [0, 0.05) is 26.2 Å². The quantitative estimate of drug-likeness (QED) is 0.680. The summed E-state index contributed by atoms with van der Waals surface area (Å²) in [6, 6.07) is 12.3. The maximum Gasteiger partial charge on any atom is 0.262 e. The van der Waals surface area contributed by atoms with E-state index in [1.54, 1.807) is 11.3 Å². The number of fused-ring (bicyclic) bond motifs is 1. The monoisotopic (exact) mass is 382 g/mol. The summed E-state index contributed by atoms with van der Waals surface area (Å²) in [5.74, 6) is 0.908. The van der Waals surface area contributed by atoms with Crippen molar-refractivity contribution >= 4 is 21.6 Å². The van der Waals surface area contributed by atoms with Gasteiger partial charge in [-0.25, -0.2) is 4.98 Å². The molecule has 4 rings (SSSR count). The van der Waals surface area contributed by atoms with Crippen LogP contribution < -0.4 is 5.56 Å². The van der Waals surface area contributed by atoms with Crippen molar-refractivity contribution in [1.29, 1.82) is 0 Å². The molecule has 0 bridgehead atoms. The van der Waals surface area contributed by atoms with E-state index < -0.39 is 0 Å². The molecule has 1 fully saturated rings. The normalized spacial score (nSPS) is 17.4. The first-order chi connectivity index (χ1) is 13.2. The van der Waals surface area contributed by atoms with Crippen LogP contribution in [0.3, 0.4) is 0 Å². The van der Waals surface area contributed by atoms with E-state index in [0.29, 0.717) is 6.54 Å². The van der Waals surface area contributed by atoms with E-state index in [2.05, 4.69) is 35.9 Å². The number of likely N-dealkylation sites (N-methyl/N-ethyl adjacent to an activating group) is 1. The van der Waals surface area contributed by atoms with Gasteiger partial charge in [-0.2, -0.15) is 0 Å². The molecule has 0 saturated carbocycles. The lowest BCUT2D eigenvalue weighted by atomic mass is 10.1. The lowest BCUT2D eigenvalue weighted by molar-refractivity contribution is 0.103. The summed E-state index contributed by atoms with van der Waals surface area (Å²) in [7, 11) is 2.17.